The number of aromatic nitrogens is 1. The Morgan fingerprint density at radius 3 is 2.62 bits per heavy atom. The maximum atomic E-state index is 12.1. The predicted octanol–water partition coefficient (Wildman–Crippen LogP) is 2.40. The highest BCUT2D eigenvalue weighted by molar-refractivity contribution is 7.09. The van der Waals surface area contributed by atoms with Crippen LogP contribution >= 0.6 is 11.3 Å². The molecule has 0 aliphatic carbocycles. The largest absolute Gasteiger partial charge is 0.394 e. The first-order valence-corrected chi connectivity index (χ1v) is 8.51. The summed E-state index contributed by atoms with van der Waals surface area (Å²) < 4.78 is 0. The number of hydrogen-bond donors (Lipinski definition) is 3. The SMILES string of the molecule is CC(C)c1nc(C(CO)NC(=O)CNc2ccc(C#N)cc2)cs1. The van der Waals surface area contributed by atoms with E-state index in [0.717, 1.165) is 10.7 Å². The van der Waals surface area contributed by atoms with Gasteiger partial charge < -0.3 is 15.7 Å². The van der Waals surface area contributed by atoms with Gasteiger partial charge in [0.15, 0.2) is 0 Å². The van der Waals surface area contributed by atoms with Gasteiger partial charge in [0.2, 0.25) is 5.91 Å². The number of rotatable bonds is 7. The van der Waals surface area contributed by atoms with Crippen LogP contribution in [-0.2, 0) is 4.79 Å². The third-order valence-corrected chi connectivity index (χ3v) is 4.54. The Labute approximate surface area is 145 Å². The summed E-state index contributed by atoms with van der Waals surface area (Å²) in [6.45, 7) is 3.97. The van der Waals surface area contributed by atoms with Crippen molar-refractivity contribution in [2.45, 2.75) is 25.8 Å². The number of aliphatic hydroxyl groups is 1. The van der Waals surface area contributed by atoms with E-state index in [-0.39, 0.29) is 19.1 Å². The third kappa shape index (κ3) is 4.78. The molecule has 126 valence electrons. The molecule has 0 saturated carbocycles. The summed E-state index contributed by atoms with van der Waals surface area (Å²) in [5.74, 6) is 0.0781. The number of aliphatic hydroxyl groups excluding tert-OH is 1. The third-order valence-electron chi connectivity index (χ3n) is 3.38. The molecule has 0 radical (unpaired) electrons. The molecule has 0 saturated heterocycles. The van der Waals surface area contributed by atoms with Crippen LogP contribution in [0.5, 0.6) is 0 Å². The molecule has 1 aromatic carbocycles. The monoisotopic (exact) mass is 344 g/mol. The lowest BCUT2D eigenvalue weighted by molar-refractivity contribution is -0.120. The maximum absolute atomic E-state index is 12.1. The molecular formula is C17H20N4O2S. The number of amides is 1. The topological polar surface area (TPSA) is 98.0 Å². The van der Waals surface area contributed by atoms with E-state index in [1.54, 1.807) is 24.3 Å². The van der Waals surface area contributed by atoms with Crippen molar-refractivity contribution in [2.24, 2.45) is 0 Å². The fourth-order valence-corrected chi connectivity index (χ4v) is 2.92. The number of thiazole rings is 1. The predicted molar refractivity (Wildman–Crippen MR) is 93.8 cm³/mol. The van der Waals surface area contributed by atoms with Crippen molar-refractivity contribution in [3.8, 4) is 6.07 Å². The lowest BCUT2D eigenvalue weighted by Gasteiger charge is -2.15. The first-order chi connectivity index (χ1) is 11.5. The fourth-order valence-electron chi connectivity index (χ4n) is 2.03. The van der Waals surface area contributed by atoms with Crippen LogP contribution in [0, 0.1) is 11.3 Å². The molecule has 2 aromatic rings. The van der Waals surface area contributed by atoms with Crippen molar-refractivity contribution in [2.75, 3.05) is 18.5 Å². The second-order valence-electron chi connectivity index (χ2n) is 5.61. The molecule has 2 rings (SSSR count). The second-order valence-corrected chi connectivity index (χ2v) is 6.50. The average molecular weight is 344 g/mol. The van der Waals surface area contributed by atoms with Gasteiger partial charge in [0.1, 0.15) is 0 Å². The zero-order valence-electron chi connectivity index (χ0n) is 13.6. The minimum Gasteiger partial charge on any atom is -0.394 e. The van der Waals surface area contributed by atoms with E-state index >= 15 is 0 Å². The standard InChI is InChI=1S/C17H20N4O2S/c1-11(2)17-21-15(10-24-17)14(9-22)20-16(23)8-19-13-5-3-12(7-18)4-6-13/h3-6,10-11,14,19,22H,8-9H2,1-2H3,(H,20,23). The first-order valence-electron chi connectivity index (χ1n) is 7.63. The van der Waals surface area contributed by atoms with Crippen LogP contribution in [-0.4, -0.2) is 29.1 Å². The highest BCUT2D eigenvalue weighted by atomic mass is 32.1. The smallest absolute Gasteiger partial charge is 0.239 e. The molecule has 1 heterocycles. The van der Waals surface area contributed by atoms with E-state index < -0.39 is 6.04 Å². The number of carbonyl (C=O) groups excluding carboxylic acids is 1. The van der Waals surface area contributed by atoms with Gasteiger partial charge in [-0.15, -0.1) is 11.3 Å². The molecule has 0 spiro atoms. The summed E-state index contributed by atoms with van der Waals surface area (Å²) in [7, 11) is 0. The Hall–Kier alpha value is -2.43. The highest BCUT2D eigenvalue weighted by Gasteiger charge is 2.17. The van der Waals surface area contributed by atoms with Gasteiger partial charge in [-0.1, -0.05) is 13.8 Å². The van der Waals surface area contributed by atoms with Crippen molar-refractivity contribution in [1.82, 2.24) is 10.3 Å². The summed E-state index contributed by atoms with van der Waals surface area (Å²) in [5.41, 5.74) is 1.99. The molecule has 1 amide bonds. The number of anilines is 1. The Balaban J connectivity index is 1.90. The molecule has 0 fully saturated rings. The van der Waals surface area contributed by atoms with Gasteiger partial charge in [0.05, 0.1) is 41.5 Å². The first kappa shape index (κ1) is 17.9. The van der Waals surface area contributed by atoms with Crippen LogP contribution in [0.25, 0.3) is 0 Å². The van der Waals surface area contributed by atoms with Crippen molar-refractivity contribution in [3.63, 3.8) is 0 Å². The van der Waals surface area contributed by atoms with Gasteiger partial charge in [-0.2, -0.15) is 5.26 Å². The van der Waals surface area contributed by atoms with E-state index in [0.29, 0.717) is 17.2 Å². The number of hydrogen-bond acceptors (Lipinski definition) is 6. The van der Waals surface area contributed by atoms with Crippen LogP contribution in [0.2, 0.25) is 0 Å². The van der Waals surface area contributed by atoms with Crippen LogP contribution in [0.1, 0.15) is 42.1 Å². The number of nitrogens with zero attached hydrogens (tertiary/aromatic N) is 2. The summed E-state index contributed by atoms with van der Waals surface area (Å²) in [6, 6.07) is 8.37. The van der Waals surface area contributed by atoms with E-state index in [4.69, 9.17) is 5.26 Å². The summed E-state index contributed by atoms with van der Waals surface area (Å²) in [6.07, 6.45) is 0. The molecule has 1 unspecified atom stereocenters. The summed E-state index contributed by atoms with van der Waals surface area (Å²) >= 11 is 1.53. The number of nitrogens with one attached hydrogen (secondary N) is 2. The normalized spacial score (nSPS) is 11.8. The van der Waals surface area contributed by atoms with E-state index in [9.17, 15) is 9.90 Å². The zero-order chi connectivity index (χ0) is 17.5. The van der Waals surface area contributed by atoms with Crippen LogP contribution in [0.4, 0.5) is 5.69 Å². The molecule has 1 atom stereocenters. The van der Waals surface area contributed by atoms with Gasteiger partial charge in [0.25, 0.3) is 0 Å². The van der Waals surface area contributed by atoms with Crippen molar-refractivity contribution < 1.29 is 9.90 Å². The number of nitriles is 1. The minimum absolute atomic E-state index is 0.0730. The molecule has 1 aromatic heterocycles. The molecule has 0 aliphatic rings. The summed E-state index contributed by atoms with van der Waals surface area (Å²) in [5, 5.41) is 26.9. The number of benzene rings is 1. The molecular weight excluding hydrogens is 324 g/mol. The van der Waals surface area contributed by atoms with Crippen molar-refractivity contribution >= 4 is 22.9 Å². The molecule has 3 N–H and O–H groups in total. The quantitative estimate of drug-likeness (QED) is 0.716. The Kier molecular flexibility index (Phi) is 6.29. The van der Waals surface area contributed by atoms with E-state index in [1.807, 2.05) is 11.4 Å². The van der Waals surface area contributed by atoms with Gasteiger partial charge in [0, 0.05) is 17.0 Å². The Bertz CT molecular complexity index is 719. The molecule has 0 aliphatic heterocycles. The Morgan fingerprint density at radius 2 is 2.08 bits per heavy atom. The molecule has 6 nitrogen and oxygen atoms in total. The van der Waals surface area contributed by atoms with Gasteiger partial charge in [-0.05, 0) is 24.3 Å². The maximum Gasteiger partial charge on any atom is 0.239 e. The van der Waals surface area contributed by atoms with Gasteiger partial charge in [-0.3, -0.25) is 4.79 Å². The van der Waals surface area contributed by atoms with Gasteiger partial charge in [-0.25, -0.2) is 4.98 Å². The highest BCUT2D eigenvalue weighted by Crippen LogP contribution is 2.22. The zero-order valence-corrected chi connectivity index (χ0v) is 14.4. The van der Waals surface area contributed by atoms with Crippen LogP contribution in [0.15, 0.2) is 29.6 Å². The average Bonchev–Trinajstić information content (AvgIpc) is 3.08. The molecule has 24 heavy (non-hydrogen) atoms. The minimum atomic E-state index is -0.510. The lowest BCUT2D eigenvalue weighted by atomic mass is 10.2. The number of carbonyl (C=O) groups is 1. The fraction of sp³-hybridized carbons (Fsp3) is 0.353. The Morgan fingerprint density at radius 1 is 1.38 bits per heavy atom. The molecule has 7 heteroatoms. The van der Waals surface area contributed by atoms with Gasteiger partial charge >= 0.3 is 0 Å². The molecule has 0 bridgehead atoms. The van der Waals surface area contributed by atoms with Crippen LogP contribution in [0.3, 0.4) is 0 Å². The van der Waals surface area contributed by atoms with Crippen molar-refractivity contribution in [1.29, 1.82) is 5.26 Å². The van der Waals surface area contributed by atoms with E-state index in [2.05, 4.69) is 29.5 Å². The summed E-state index contributed by atoms with van der Waals surface area (Å²) in [4.78, 5) is 16.5. The lowest BCUT2D eigenvalue weighted by Crippen LogP contribution is -2.35. The van der Waals surface area contributed by atoms with Crippen LogP contribution < -0.4 is 10.6 Å². The van der Waals surface area contributed by atoms with Crippen molar-refractivity contribution in [3.05, 3.63) is 45.9 Å². The van der Waals surface area contributed by atoms with E-state index in [1.165, 1.54) is 11.3 Å². The second kappa shape index (κ2) is 8.43.